The maximum absolute atomic E-state index is 9.51. The van der Waals surface area contributed by atoms with E-state index in [1.807, 2.05) is 0 Å². The molecule has 0 fully saturated rings. The van der Waals surface area contributed by atoms with Gasteiger partial charge in [-0.15, -0.1) is 0 Å². The van der Waals surface area contributed by atoms with Gasteiger partial charge in [-0.25, -0.2) is 5.32 Å². The topological polar surface area (TPSA) is 76.3 Å². The lowest BCUT2D eigenvalue weighted by molar-refractivity contribution is -0.192. The molecule has 1 aromatic rings. The summed E-state index contributed by atoms with van der Waals surface area (Å²) in [6, 6.07) is 8.03. The van der Waals surface area contributed by atoms with Crippen LogP contribution in [0.15, 0.2) is 24.3 Å². The molecular weight excluding hydrogens is 204 g/mol. The molecule has 0 saturated carbocycles. The van der Waals surface area contributed by atoms with Crippen molar-refractivity contribution in [3.8, 4) is 6.07 Å². The number of nitrogens with one attached hydrogen (secondary N) is 1. The molecule has 1 aromatic carbocycles. The predicted octanol–water partition coefficient (Wildman–Crippen LogP) is 0.548. The Labute approximate surface area is 86.4 Å². The molecule has 0 spiro atoms. The molecule has 0 aliphatic heterocycles. The minimum absolute atomic E-state index is 0.122. The fraction of sp³-hybridized carbons (Fsp3) is 0.222. The lowest BCUT2D eigenvalue weighted by atomic mass is 10.1. The molecule has 3 N–H and O–H groups in total. The number of halogens is 1. The number of hydrogen-bond acceptors (Lipinski definition) is 4. The quantitative estimate of drug-likeness (QED) is 0.505. The Balaban J connectivity index is 2.92. The number of nitriles is 1. The van der Waals surface area contributed by atoms with Crippen LogP contribution < -0.4 is 5.32 Å². The van der Waals surface area contributed by atoms with Gasteiger partial charge in [-0.3, -0.25) is 0 Å². The molecule has 0 heterocycles. The van der Waals surface area contributed by atoms with Crippen molar-refractivity contribution < 1.29 is 10.2 Å². The van der Waals surface area contributed by atoms with Crippen molar-refractivity contribution in [3.05, 3.63) is 34.9 Å². The average Bonchev–Trinajstić information content (AvgIpc) is 2.15. The Hall–Kier alpha value is -1.12. The number of nitrogens with zero attached hydrogens (tertiary/aromatic N) is 1. The monoisotopic (exact) mass is 212 g/mol. The smallest absolute Gasteiger partial charge is 0.253 e. The molecule has 0 bridgehead atoms. The van der Waals surface area contributed by atoms with Gasteiger partial charge < -0.3 is 10.2 Å². The van der Waals surface area contributed by atoms with Crippen LogP contribution in [0.3, 0.4) is 0 Å². The molecule has 14 heavy (non-hydrogen) atoms. The van der Waals surface area contributed by atoms with E-state index < -0.39 is 5.91 Å². The highest BCUT2D eigenvalue weighted by Gasteiger charge is 2.27. The summed E-state index contributed by atoms with van der Waals surface area (Å²) in [6.07, 6.45) is 0. The Kier molecular flexibility index (Phi) is 3.44. The zero-order valence-electron chi connectivity index (χ0n) is 7.24. The fourth-order valence-corrected chi connectivity index (χ4v) is 1.27. The van der Waals surface area contributed by atoms with Crippen molar-refractivity contribution in [2.75, 3.05) is 6.54 Å². The summed E-state index contributed by atoms with van der Waals surface area (Å²) >= 11 is 5.74. The van der Waals surface area contributed by atoms with Gasteiger partial charge in [0.15, 0.2) is 0 Å². The number of hydrogen-bond donors (Lipinski definition) is 3. The average molecular weight is 213 g/mol. The fourth-order valence-electron chi connectivity index (χ4n) is 1.00. The predicted molar refractivity (Wildman–Crippen MR) is 51.2 cm³/mol. The summed E-state index contributed by atoms with van der Waals surface area (Å²) in [5, 5.41) is 29.7. The van der Waals surface area contributed by atoms with E-state index in [0.717, 1.165) is 0 Å². The van der Waals surface area contributed by atoms with E-state index in [2.05, 4.69) is 5.32 Å². The third kappa shape index (κ3) is 2.44. The summed E-state index contributed by atoms with van der Waals surface area (Å²) in [4.78, 5) is 0. The first-order valence-electron chi connectivity index (χ1n) is 3.89. The third-order valence-corrected chi connectivity index (χ3v) is 1.99. The Morgan fingerprint density at radius 3 is 2.64 bits per heavy atom. The molecule has 74 valence electrons. The minimum Gasteiger partial charge on any atom is -0.350 e. The lowest BCUT2D eigenvalue weighted by Crippen LogP contribution is -2.42. The molecule has 0 amide bonds. The van der Waals surface area contributed by atoms with Gasteiger partial charge in [0, 0.05) is 5.56 Å². The first-order valence-corrected chi connectivity index (χ1v) is 4.27. The summed E-state index contributed by atoms with van der Waals surface area (Å²) < 4.78 is 0. The molecule has 4 nitrogen and oxygen atoms in total. The Morgan fingerprint density at radius 1 is 1.43 bits per heavy atom. The molecule has 0 aliphatic rings. The second-order valence-electron chi connectivity index (χ2n) is 2.66. The standard InChI is InChI=1S/C9H9ClN2O2/c10-8-4-2-1-3-7(8)9(13,14)12-6-5-11/h1-4,12-14H,6H2. The Morgan fingerprint density at radius 2 is 2.07 bits per heavy atom. The van der Waals surface area contributed by atoms with Crippen LogP contribution >= 0.6 is 11.6 Å². The summed E-state index contributed by atoms with van der Waals surface area (Å²) in [7, 11) is 0. The van der Waals surface area contributed by atoms with Crippen molar-refractivity contribution in [2.45, 2.75) is 5.91 Å². The van der Waals surface area contributed by atoms with Crippen molar-refractivity contribution in [2.24, 2.45) is 0 Å². The normalized spacial score (nSPS) is 11.0. The van der Waals surface area contributed by atoms with E-state index in [9.17, 15) is 10.2 Å². The van der Waals surface area contributed by atoms with Gasteiger partial charge in [0.05, 0.1) is 17.6 Å². The van der Waals surface area contributed by atoms with Crippen LogP contribution in [0.2, 0.25) is 5.02 Å². The minimum atomic E-state index is -2.27. The zero-order chi connectivity index (χ0) is 10.6. The van der Waals surface area contributed by atoms with Crippen LogP contribution in [0.5, 0.6) is 0 Å². The van der Waals surface area contributed by atoms with Crippen molar-refractivity contribution >= 4 is 11.6 Å². The SMILES string of the molecule is N#CCNC(O)(O)c1ccccc1Cl. The lowest BCUT2D eigenvalue weighted by Gasteiger charge is -2.22. The van der Waals surface area contributed by atoms with Crippen LogP contribution in [-0.2, 0) is 5.91 Å². The summed E-state index contributed by atoms with van der Waals surface area (Å²) in [5.74, 6) is -2.27. The third-order valence-electron chi connectivity index (χ3n) is 1.66. The molecule has 0 atom stereocenters. The number of rotatable bonds is 3. The van der Waals surface area contributed by atoms with Crippen LogP contribution in [0, 0.1) is 11.3 Å². The highest BCUT2D eigenvalue weighted by Crippen LogP contribution is 2.23. The van der Waals surface area contributed by atoms with Crippen molar-refractivity contribution in [1.82, 2.24) is 5.32 Å². The highest BCUT2D eigenvalue weighted by molar-refractivity contribution is 6.31. The van der Waals surface area contributed by atoms with Gasteiger partial charge in [-0.05, 0) is 6.07 Å². The van der Waals surface area contributed by atoms with Crippen molar-refractivity contribution in [1.29, 1.82) is 5.26 Å². The van der Waals surface area contributed by atoms with Gasteiger partial charge in [0.2, 0.25) is 0 Å². The van der Waals surface area contributed by atoms with Gasteiger partial charge in [0.25, 0.3) is 5.91 Å². The summed E-state index contributed by atoms with van der Waals surface area (Å²) in [6.45, 7) is -0.182. The van der Waals surface area contributed by atoms with Gasteiger partial charge in [-0.1, -0.05) is 29.8 Å². The van der Waals surface area contributed by atoms with E-state index in [0.29, 0.717) is 0 Å². The largest absolute Gasteiger partial charge is 0.350 e. The molecule has 0 aliphatic carbocycles. The second-order valence-corrected chi connectivity index (χ2v) is 3.07. The molecular formula is C9H9ClN2O2. The van der Waals surface area contributed by atoms with Crippen molar-refractivity contribution in [3.63, 3.8) is 0 Å². The van der Waals surface area contributed by atoms with Crippen LogP contribution in [0.25, 0.3) is 0 Å². The van der Waals surface area contributed by atoms with E-state index in [-0.39, 0.29) is 17.1 Å². The molecule has 0 unspecified atom stereocenters. The Bertz CT molecular complexity index is 360. The van der Waals surface area contributed by atoms with Gasteiger partial charge in [0.1, 0.15) is 0 Å². The molecule has 0 aromatic heterocycles. The molecule has 1 rings (SSSR count). The molecule has 5 heteroatoms. The van der Waals surface area contributed by atoms with E-state index in [4.69, 9.17) is 16.9 Å². The van der Waals surface area contributed by atoms with E-state index in [1.54, 1.807) is 18.2 Å². The number of benzene rings is 1. The van der Waals surface area contributed by atoms with Gasteiger partial charge >= 0.3 is 0 Å². The first kappa shape index (κ1) is 11.0. The molecule has 0 radical (unpaired) electrons. The van der Waals surface area contributed by atoms with Crippen LogP contribution in [-0.4, -0.2) is 16.8 Å². The van der Waals surface area contributed by atoms with Crippen LogP contribution in [0.4, 0.5) is 0 Å². The summed E-state index contributed by atoms with van der Waals surface area (Å²) in [5.41, 5.74) is 0.122. The van der Waals surface area contributed by atoms with E-state index >= 15 is 0 Å². The molecule has 0 saturated heterocycles. The maximum atomic E-state index is 9.51. The van der Waals surface area contributed by atoms with E-state index in [1.165, 1.54) is 12.1 Å². The highest BCUT2D eigenvalue weighted by atomic mass is 35.5. The maximum Gasteiger partial charge on any atom is 0.253 e. The second kappa shape index (κ2) is 4.40. The first-order chi connectivity index (χ1) is 6.58. The zero-order valence-corrected chi connectivity index (χ0v) is 7.99. The van der Waals surface area contributed by atoms with Crippen LogP contribution in [0.1, 0.15) is 5.56 Å². The number of aliphatic hydroxyl groups is 2. The van der Waals surface area contributed by atoms with Gasteiger partial charge in [-0.2, -0.15) is 5.26 Å².